The number of rotatable bonds is 7. The Hall–Kier alpha value is -1.45. The molecule has 3 nitrogen and oxygen atoms in total. The minimum absolute atomic E-state index is 0.236. The summed E-state index contributed by atoms with van der Waals surface area (Å²) >= 11 is 0. The number of fused-ring (bicyclic) bond motifs is 1. The van der Waals surface area contributed by atoms with Gasteiger partial charge in [0.1, 0.15) is 0 Å². The number of allylic oxidation sites excluding steroid dienone is 3. The fourth-order valence-electron chi connectivity index (χ4n) is 3.61. The van der Waals surface area contributed by atoms with Crippen molar-refractivity contribution in [2.75, 3.05) is 6.54 Å². The molecule has 1 heterocycles. The van der Waals surface area contributed by atoms with Crippen molar-refractivity contribution in [1.29, 1.82) is 0 Å². The second kappa shape index (κ2) is 9.14. The first kappa shape index (κ1) is 18.9. The topological polar surface area (TPSA) is 42.1 Å². The second-order valence-corrected chi connectivity index (χ2v) is 7.01. The maximum Gasteiger partial charge on any atom is 0.0669 e. The number of nitrogens with zero attached hydrogens (tertiary/aromatic N) is 2. The van der Waals surface area contributed by atoms with Gasteiger partial charge in [0.25, 0.3) is 0 Å². The van der Waals surface area contributed by atoms with Crippen molar-refractivity contribution in [3.05, 3.63) is 52.9 Å². The molecule has 0 saturated heterocycles. The van der Waals surface area contributed by atoms with E-state index in [1.807, 2.05) is 17.3 Å². The normalized spacial score (nSPS) is 19.0. The Morgan fingerprint density at radius 3 is 2.88 bits per heavy atom. The summed E-state index contributed by atoms with van der Waals surface area (Å²) < 4.78 is 0. The average Bonchev–Trinajstić information content (AvgIpc) is 2.60. The number of nitrogens with two attached hydrogens (primary N) is 1. The first-order valence-corrected chi connectivity index (χ1v) is 9.42. The highest BCUT2D eigenvalue weighted by Gasteiger charge is 2.26. The van der Waals surface area contributed by atoms with Crippen LogP contribution in [0, 0.1) is 5.92 Å². The molecular weight excluding hydrogens is 294 g/mol. The summed E-state index contributed by atoms with van der Waals surface area (Å²) in [7, 11) is 0. The van der Waals surface area contributed by atoms with Crippen LogP contribution in [0.25, 0.3) is 0 Å². The second-order valence-electron chi connectivity index (χ2n) is 7.01. The van der Waals surface area contributed by atoms with Gasteiger partial charge in [-0.3, -0.25) is 10.8 Å². The predicted octanol–water partition coefficient (Wildman–Crippen LogP) is 4.96. The Morgan fingerprint density at radius 2 is 2.21 bits per heavy atom. The van der Waals surface area contributed by atoms with E-state index in [2.05, 4.69) is 50.9 Å². The van der Waals surface area contributed by atoms with Crippen LogP contribution >= 0.6 is 0 Å². The van der Waals surface area contributed by atoms with E-state index < -0.39 is 0 Å². The molecule has 0 bridgehead atoms. The SMILES string of the molecule is CC/C=C\C(=C(/CC)CN(N)C1CCCc2cccnc21)C(C)C. The third kappa shape index (κ3) is 4.55. The fraction of sp³-hybridized carbons (Fsp3) is 0.571. The molecule has 1 unspecified atom stereocenters. The van der Waals surface area contributed by atoms with Crippen LogP contribution in [0.2, 0.25) is 0 Å². The molecule has 0 aromatic carbocycles. The molecule has 1 aliphatic rings. The molecule has 0 saturated carbocycles. The number of hydrazine groups is 1. The third-order valence-electron chi connectivity index (χ3n) is 4.93. The van der Waals surface area contributed by atoms with E-state index in [-0.39, 0.29) is 6.04 Å². The molecule has 0 fully saturated rings. The Balaban J connectivity index is 2.23. The minimum Gasteiger partial charge on any atom is -0.268 e. The zero-order valence-electron chi connectivity index (χ0n) is 15.8. The van der Waals surface area contributed by atoms with Crippen molar-refractivity contribution in [3.8, 4) is 0 Å². The molecule has 2 N–H and O–H groups in total. The van der Waals surface area contributed by atoms with Gasteiger partial charge in [0.15, 0.2) is 0 Å². The van der Waals surface area contributed by atoms with Gasteiger partial charge in [0, 0.05) is 12.7 Å². The van der Waals surface area contributed by atoms with Crippen molar-refractivity contribution >= 4 is 0 Å². The largest absolute Gasteiger partial charge is 0.268 e. The number of hydrogen-bond acceptors (Lipinski definition) is 3. The molecular formula is C21H33N3. The number of aromatic nitrogens is 1. The average molecular weight is 328 g/mol. The molecule has 0 aliphatic heterocycles. The molecule has 1 aliphatic carbocycles. The summed E-state index contributed by atoms with van der Waals surface area (Å²) in [4.78, 5) is 4.63. The number of pyridine rings is 1. The van der Waals surface area contributed by atoms with Crippen LogP contribution in [0.4, 0.5) is 0 Å². The molecule has 0 spiro atoms. The van der Waals surface area contributed by atoms with E-state index in [1.54, 1.807) is 0 Å². The Kier molecular flexibility index (Phi) is 7.19. The standard InChI is InChI=1S/C21H33N3/c1-5-7-12-19(16(3)4)17(6-2)15-24(22)20-13-8-10-18-11-9-14-23-21(18)20/h7,9,11-12,14,16,20H,5-6,8,10,13,15,22H2,1-4H3/b12-7-,19-17-. The van der Waals surface area contributed by atoms with Crippen LogP contribution in [-0.4, -0.2) is 16.5 Å². The summed E-state index contributed by atoms with van der Waals surface area (Å²) in [5, 5.41) is 2.02. The van der Waals surface area contributed by atoms with Gasteiger partial charge in [0.2, 0.25) is 0 Å². The van der Waals surface area contributed by atoms with E-state index in [4.69, 9.17) is 5.84 Å². The van der Waals surface area contributed by atoms with Crippen LogP contribution in [0.1, 0.15) is 70.7 Å². The fourth-order valence-corrected chi connectivity index (χ4v) is 3.61. The highest BCUT2D eigenvalue weighted by atomic mass is 15.4. The number of aryl methyl sites for hydroxylation is 1. The zero-order valence-corrected chi connectivity index (χ0v) is 15.8. The molecule has 24 heavy (non-hydrogen) atoms. The van der Waals surface area contributed by atoms with Crippen molar-refractivity contribution in [3.63, 3.8) is 0 Å². The summed E-state index contributed by atoms with van der Waals surface area (Å²) in [5.41, 5.74) is 5.42. The minimum atomic E-state index is 0.236. The van der Waals surface area contributed by atoms with E-state index >= 15 is 0 Å². The summed E-state index contributed by atoms with van der Waals surface area (Å²) in [5.74, 6) is 7.06. The van der Waals surface area contributed by atoms with Gasteiger partial charge in [-0.2, -0.15) is 0 Å². The van der Waals surface area contributed by atoms with Crippen LogP contribution in [-0.2, 0) is 6.42 Å². The van der Waals surface area contributed by atoms with E-state index in [0.29, 0.717) is 5.92 Å². The van der Waals surface area contributed by atoms with Crippen LogP contribution in [0.5, 0.6) is 0 Å². The first-order valence-electron chi connectivity index (χ1n) is 9.42. The Morgan fingerprint density at radius 1 is 1.42 bits per heavy atom. The molecule has 0 amide bonds. The lowest BCUT2D eigenvalue weighted by atomic mass is 9.90. The number of hydrogen-bond donors (Lipinski definition) is 1. The highest BCUT2D eigenvalue weighted by molar-refractivity contribution is 5.30. The van der Waals surface area contributed by atoms with Crippen LogP contribution in [0.3, 0.4) is 0 Å². The smallest absolute Gasteiger partial charge is 0.0669 e. The lowest BCUT2D eigenvalue weighted by molar-refractivity contribution is 0.192. The molecule has 1 atom stereocenters. The molecule has 2 rings (SSSR count). The van der Waals surface area contributed by atoms with Gasteiger partial charge < -0.3 is 0 Å². The first-order chi connectivity index (χ1) is 11.6. The maximum absolute atomic E-state index is 6.54. The van der Waals surface area contributed by atoms with Crippen molar-refractivity contribution in [2.45, 2.75) is 65.8 Å². The van der Waals surface area contributed by atoms with Crippen molar-refractivity contribution in [2.24, 2.45) is 11.8 Å². The molecule has 3 heteroatoms. The van der Waals surface area contributed by atoms with Crippen molar-refractivity contribution < 1.29 is 0 Å². The van der Waals surface area contributed by atoms with Gasteiger partial charge in [-0.15, -0.1) is 0 Å². The Labute approximate surface area is 147 Å². The molecule has 1 aromatic heterocycles. The van der Waals surface area contributed by atoms with E-state index in [0.717, 1.165) is 32.2 Å². The van der Waals surface area contributed by atoms with Gasteiger partial charge >= 0.3 is 0 Å². The highest BCUT2D eigenvalue weighted by Crippen LogP contribution is 2.32. The monoisotopic (exact) mass is 327 g/mol. The third-order valence-corrected chi connectivity index (χ3v) is 4.93. The van der Waals surface area contributed by atoms with Gasteiger partial charge in [-0.1, -0.05) is 51.5 Å². The van der Waals surface area contributed by atoms with E-state index in [1.165, 1.54) is 28.8 Å². The van der Waals surface area contributed by atoms with Gasteiger partial charge in [-0.25, -0.2) is 5.01 Å². The molecule has 1 aromatic rings. The summed E-state index contributed by atoms with van der Waals surface area (Å²) in [6, 6.07) is 4.47. The zero-order chi connectivity index (χ0) is 17.5. The van der Waals surface area contributed by atoms with Crippen molar-refractivity contribution in [1.82, 2.24) is 9.99 Å². The molecule has 132 valence electrons. The van der Waals surface area contributed by atoms with Gasteiger partial charge in [0.05, 0.1) is 11.7 Å². The lowest BCUT2D eigenvalue weighted by Crippen LogP contribution is -2.39. The predicted molar refractivity (Wildman–Crippen MR) is 102 cm³/mol. The summed E-state index contributed by atoms with van der Waals surface area (Å²) in [6.07, 6.45) is 12.0. The van der Waals surface area contributed by atoms with Crippen LogP contribution in [0.15, 0.2) is 41.6 Å². The van der Waals surface area contributed by atoms with E-state index in [9.17, 15) is 0 Å². The van der Waals surface area contributed by atoms with Crippen LogP contribution < -0.4 is 5.84 Å². The quantitative estimate of drug-likeness (QED) is 0.437. The Bertz CT molecular complexity index is 587. The van der Waals surface area contributed by atoms with Gasteiger partial charge in [-0.05, 0) is 55.2 Å². The lowest BCUT2D eigenvalue weighted by Gasteiger charge is -2.33. The summed E-state index contributed by atoms with van der Waals surface area (Å²) in [6.45, 7) is 9.77. The maximum atomic E-state index is 6.54. The molecule has 0 radical (unpaired) electrons.